The Hall–Kier alpha value is -2.67. The minimum absolute atomic E-state index is 0.0765. The van der Waals surface area contributed by atoms with Crippen LogP contribution in [0.3, 0.4) is 0 Å². The molecule has 1 amide bonds. The van der Waals surface area contributed by atoms with Crippen LogP contribution in [0.15, 0.2) is 42.6 Å². The number of piperazine rings is 1. The van der Waals surface area contributed by atoms with E-state index in [4.69, 9.17) is 0 Å². The number of halogens is 1. The van der Waals surface area contributed by atoms with Gasteiger partial charge in [0.15, 0.2) is 0 Å². The topological polar surface area (TPSA) is 51.7 Å². The molecule has 1 aliphatic heterocycles. The number of nitrogens with one attached hydrogen (secondary N) is 1. The van der Waals surface area contributed by atoms with Crippen LogP contribution in [0, 0.1) is 5.82 Å². The molecule has 3 rings (SSSR count). The number of nitrogens with zero attached hydrogens (tertiary/aromatic N) is 4. The predicted octanol–water partition coefficient (Wildman–Crippen LogP) is 2.23. The van der Waals surface area contributed by atoms with Crippen molar-refractivity contribution >= 4 is 17.4 Å². The van der Waals surface area contributed by atoms with Crippen molar-refractivity contribution in [3.05, 3.63) is 54.0 Å². The number of hydrogen-bond donors (Lipinski definition) is 1. The molecule has 1 N–H and O–H groups in total. The summed E-state index contributed by atoms with van der Waals surface area (Å²) in [7, 11) is 4.03. The van der Waals surface area contributed by atoms with Gasteiger partial charge in [0.25, 0.3) is 5.91 Å². The quantitative estimate of drug-likeness (QED) is 0.741. The van der Waals surface area contributed by atoms with E-state index in [1.807, 2.05) is 37.2 Å². The first-order chi connectivity index (χ1) is 13.5. The molecule has 2 aromatic rings. The molecule has 1 aliphatic rings. The van der Waals surface area contributed by atoms with Gasteiger partial charge >= 0.3 is 0 Å². The van der Waals surface area contributed by atoms with Crippen LogP contribution in [-0.2, 0) is 0 Å². The monoisotopic (exact) mass is 385 g/mol. The van der Waals surface area contributed by atoms with Crippen LogP contribution in [0.2, 0.25) is 0 Å². The first-order valence-electron chi connectivity index (χ1n) is 9.68. The Morgan fingerprint density at radius 2 is 1.86 bits per heavy atom. The molecule has 28 heavy (non-hydrogen) atoms. The van der Waals surface area contributed by atoms with Gasteiger partial charge in [0.1, 0.15) is 11.6 Å². The maximum Gasteiger partial charge on any atom is 0.251 e. The number of para-hydroxylation sites is 1. The molecule has 1 saturated heterocycles. The maximum absolute atomic E-state index is 14.0. The molecule has 1 fully saturated rings. The van der Waals surface area contributed by atoms with E-state index in [1.165, 1.54) is 6.07 Å². The Balaban J connectivity index is 1.56. The van der Waals surface area contributed by atoms with E-state index in [0.717, 1.165) is 31.9 Å². The molecule has 0 spiro atoms. The normalized spacial score (nSPS) is 14.4. The zero-order valence-corrected chi connectivity index (χ0v) is 16.6. The molecule has 0 saturated carbocycles. The van der Waals surface area contributed by atoms with E-state index in [0.29, 0.717) is 30.9 Å². The second-order valence-corrected chi connectivity index (χ2v) is 7.24. The van der Waals surface area contributed by atoms with Gasteiger partial charge in [-0.3, -0.25) is 4.79 Å². The molecule has 7 heteroatoms. The van der Waals surface area contributed by atoms with E-state index in [-0.39, 0.29) is 11.7 Å². The molecule has 1 aromatic carbocycles. The number of carbonyl (C=O) groups is 1. The van der Waals surface area contributed by atoms with Crippen molar-refractivity contribution in [3.63, 3.8) is 0 Å². The van der Waals surface area contributed by atoms with E-state index in [1.54, 1.807) is 18.3 Å². The third-order valence-corrected chi connectivity index (χ3v) is 4.87. The maximum atomic E-state index is 14.0. The minimum atomic E-state index is -0.193. The molecule has 0 atom stereocenters. The molecular weight excluding hydrogens is 357 g/mol. The number of hydrogen-bond acceptors (Lipinski definition) is 5. The average molecular weight is 385 g/mol. The van der Waals surface area contributed by atoms with Crippen LogP contribution in [0.25, 0.3) is 0 Å². The number of anilines is 2. The summed E-state index contributed by atoms with van der Waals surface area (Å²) >= 11 is 0. The van der Waals surface area contributed by atoms with Gasteiger partial charge in [0, 0.05) is 44.5 Å². The van der Waals surface area contributed by atoms with Crippen LogP contribution in [0.4, 0.5) is 15.9 Å². The standard InChI is InChI=1S/C21H28FN5O/c1-25(2)11-5-9-24-21(28)17-8-10-23-20(16-17)27-14-12-26(13-15-27)19-7-4-3-6-18(19)22/h3-4,6-8,10,16H,5,9,11-15H2,1-2H3,(H,24,28). The van der Waals surface area contributed by atoms with Crippen LogP contribution < -0.4 is 15.1 Å². The Morgan fingerprint density at radius 1 is 1.14 bits per heavy atom. The van der Waals surface area contributed by atoms with Crippen molar-refractivity contribution < 1.29 is 9.18 Å². The highest BCUT2D eigenvalue weighted by molar-refractivity contribution is 5.94. The number of rotatable bonds is 7. The molecule has 6 nitrogen and oxygen atoms in total. The molecule has 0 radical (unpaired) electrons. The summed E-state index contributed by atoms with van der Waals surface area (Å²) in [6, 6.07) is 10.4. The zero-order valence-electron chi connectivity index (χ0n) is 16.6. The highest BCUT2D eigenvalue weighted by Crippen LogP contribution is 2.22. The van der Waals surface area contributed by atoms with Gasteiger partial charge in [-0.2, -0.15) is 0 Å². The van der Waals surface area contributed by atoms with Crippen molar-refractivity contribution in [2.24, 2.45) is 0 Å². The number of pyridine rings is 1. The van der Waals surface area contributed by atoms with E-state index in [2.05, 4.69) is 20.1 Å². The lowest BCUT2D eigenvalue weighted by Gasteiger charge is -2.36. The highest BCUT2D eigenvalue weighted by atomic mass is 19.1. The first kappa shape index (κ1) is 20.1. The molecule has 0 unspecified atom stereocenters. The van der Waals surface area contributed by atoms with E-state index >= 15 is 0 Å². The van der Waals surface area contributed by atoms with Gasteiger partial charge in [0.05, 0.1) is 5.69 Å². The van der Waals surface area contributed by atoms with Crippen LogP contribution in [0.1, 0.15) is 16.8 Å². The zero-order chi connectivity index (χ0) is 19.9. The first-order valence-corrected chi connectivity index (χ1v) is 9.68. The third-order valence-electron chi connectivity index (χ3n) is 4.87. The minimum Gasteiger partial charge on any atom is -0.366 e. The van der Waals surface area contributed by atoms with Gasteiger partial charge in [-0.25, -0.2) is 9.37 Å². The Labute approximate surface area is 166 Å². The summed E-state index contributed by atoms with van der Waals surface area (Å²) in [6.07, 6.45) is 2.59. The predicted molar refractivity (Wildman–Crippen MR) is 111 cm³/mol. The fraction of sp³-hybridized carbons (Fsp3) is 0.429. The van der Waals surface area contributed by atoms with Gasteiger partial charge < -0.3 is 20.0 Å². The van der Waals surface area contributed by atoms with Crippen LogP contribution in [0.5, 0.6) is 0 Å². The van der Waals surface area contributed by atoms with Crippen molar-refractivity contribution in [2.45, 2.75) is 6.42 Å². The van der Waals surface area contributed by atoms with E-state index in [9.17, 15) is 9.18 Å². The number of carbonyl (C=O) groups excluding carboxylic acids is 1. The lowest BCUT2D eigenvalue weighted by Crippen LogP contribution is -2.47. The molecule has 1 aromatic heterocycles. The van der Waals surface area contributed by atoms with Crippen molar-refractivity contribution in [2.75, 3.05) is 63.2 Å². The Bertz CT molecular complexity index is 790. The van der Waals surface area contributed by atoms with Crippen LogP contribution in [-0.4, -0.2) is 69.2 Å². The van der Waals surface area contributed by atoms with E-state index < -0.39 is 0 Å². The van der Waals surface area contributed by atoms with Gasteiger partial charge in [-0.15, -0.1) is 0 Å². The SMILES string of the molecule is CN(C)CCCNC(=O)c1ccnc(N2CCN(c3ccccc3F)CC2)c1. The summed E-state index contributed by atoms with van der Waals surface area (Å²) in [5.41, 5.74) is 1.26. The summed E-state index contributed by atoms with van der Waals surface area (Å²) in [4.78, 5) is 23.1. The summed E-state index contributed by atoms with van der Waals surface area (Å²) in [5.74, 6) is 0.517. The molecule has 150 valence electrons. The third kappa shape index (κ3) is 5.19. The van der Waals surface area contributed by atoms with Crippen LogP contribution >= 0.6 is 0 Å². The summed E-state index contributed by atoms with van der Waals surface area (Å²) < 4.78 is 14.0. The number of benzene rings is 1. The number of amides is 1. The molecule has 0 aliphatic carbocycles. The molecule has 2 heterocycles. The second-order valence-electron chi connectivity index (χ2n) is 7.24. The molecule has 0 bridgehead atoms. The van der Waals surface area contributed by atoms with Gasteiger partial charge in [-0.1, -0.05) is 12.1 Å². The number of aromatic nitrogens is 1. The highest BCUT2D eigenvalue weighted by Gasteiger charge is 2.20. The van der Waals surface area contributed by atoms with Crippen molar-refractivity contribution in [3.8, 4) is 0 Å². The summed E-state index contributed by atoms with van der Waals surface area (Å²) in [5, 5.41) is 2.96. The Morgan fingerprint density at radius 3 is 2.57 bits per heavy atom. The molecular formula is C21H28FN5O. The van der Waals surface area contributed by atoms with Crippen molar-refractivity contribution in [1.29, 1.82) is 0 Å². The second kappa shape index (κ2) is 9.50. The fourth-order valence-corrected chi connectivity index (χ4v) is 3.32. The largest absolute Gasteiger partial charge is 0.366 e. The van der Waals surface area contributed by atoms with Gasteiger partial charge in [0.2, 0.25) is 0 Å². The average Bonchev–Trinajstić information content (AvgIpc) is 2.71. The van der Waals surface area contributed by atoms with Crippen molar-refractivity contribution in [1.82, 2.24) is 15.2 Å². The summed E-state index contributed by atoms with van der Waals surface area (Å²) in [6.45, 7) is 4.47. The van der Waals surface area contributed by atoms with Gasteiger partial charge in [-0.05, 0) is 51.3 Å². The lowest BCUT2D eigenvalue weighted by molar-refractivity contribution is 0.0952. The smallest absolute Gasteiger partial charge is 0.251 e. The fourth-order valence-electron chi connectivity index (χ4n) is 3.32. The lowest BCUT2D eigenvalue weighted by atomic mass is 10.2. The Kier molecular flexibility index (Phi) is 6.81.